The zero-order valence-electron chi connectivity index (χ0n) is 10.3. The maximum absolute atomic E-state index is 12.7. The SMILES string of the molecule is Nc1ccc(OCC(=O)NCC(F)(F)F)c(C(F)(F)F)c1. The van der Waals surface area contributed by atoms with Crippen LogP contribution in [0.4, 0.5) is 32.0 Å². The molecular formula is C11H10F6N2O2. The average Bonchev–Trinajstić information content (AvgIpc) is 2.32. The van der Waals surface area contributed by atoms with Crippen LogP contribution in [0, 0.1) is 0 Å². The van der Waals surface area contributed by atoms with E-state index in [4.69, 9.17) is 5.73 Å². The maximum Gasteiger partial charge on any atom is 0.420 e. The minimum absolute atomic E-state index is 0.170. The van der Waals surface area contributed by atoms with Gasteiger partial charge in [0, 0.05) is 5.69 Å². The molecule has 1 rings (SSSR count). The van der Waals surface area contributed by atoms with Gasteiger partial charge in [-0.15, -0.1) is 0 Å². The smallest absolute Gasteiger partial charge is 0.420 e. The summed E-state index contributed by atoms with van der Waals surface area (Å²) in [5.41, 5.74) is 3.83. The highest BCUT2D eigenvalue weighted by molar-refractivity contribution is 5.77. The van der Waals surface area contributed by atoms with E-state index in [0.717, 1.165) is 12.1 Å². The van der Waals surface area contributed by atoms with Gasteiger partial charge in [0.05, 0.1) is 5.56 Å². The average molecular weight is 316 g/mol. The molecule has 10 heteroatoms. The molecule has 0 aromatic heterocycles. The number of nitrogen functional groups attached to an aromatic ring is 1. The molecule has 0 unspecified atom stereocenters. The van der Waals surface area contributed by atoms with E-state index in [-0.39, 0.29) is 5.69 Å². The molecular weight excluding hydrogens is 306 g/mol. The van der Waals surface area contributed by atoms with Gasteiger partial charge in [-0.3, -0.25) is 4.79 Å². The van der Waals surface area contributed by atoms with Crippen LogP contribution >= 0.6 is 0 Å². The van der Waals surface area contributed by atoms with Gasteiger partial charge in [0.25, 0.3) is 5.91 Å². The molecule has 1 aromatic rings. The van der Waals surface area contributed by atoms with E-state index >= 15 is 0 Å². The molecule has 0 saturated heterocycles. The van der Waals surface area contributed by atoms with Gasteiger partial charge in [-0.25, -0.2) is 0 Å². The lowest BCUT2D eigenvalue weighted by molar-refractivity contribution is -0.141. The second-order valence-corrected chi connectivity index (χ2v) is 3.93. The largest absolute Gasteiger partial charge is 0.483 e. The summed E-state index contributed by atoms with van der Waals surface area (Å²) in [6.45, 7) is -2.58. The van der Waals surface area contributed by atoms with Crippen LogP contribution in [0.5, 0.6) is 5.75 Å². The predicted molar refractivity (Wildman–Crippen MR) is 60.4 cm³/mol. The van der Waals surface area contributed by atoms with Crippen molar-refractivity contribution in [1.29, 1.82) is 0 Å². The first kappa shape index (κ1) is 16.9. The van der Waals surface area contributed by atoms with Crippen LogP contribution in [0.2, 0.25) is 0 Å². The topological polar surface area (TPSA) is 64.3 Å². The van der Waals surface area contributed by atoms with Gasteiger partial charge in [-0.1, -0.05) is 0 Å². The highest BCUT2D eigenvalue weighted by Gasteiger charge is 2.35. The first-order chi connectivity index (χ1) is 9.49. The van der Waals surface area contributed by atoms with Crippen molar-refractivity contribution in [3.63, 3.8) is 0 Å². The Kier molecular flexibility index (Phi) is 4.92. The number of rotatable bonds is 4. The van der Waals surface area contributed by atoms with Crippen molar-refractivity contribution >= 4 is 11.6 Å². The normalized spacial score (nSPS) is 12.1. The number of benzene rings is 1. The Morgan fingerprint density at radius 2 is 1.81 bits per heavy atom. The monoisotopic (exact) mass is 316 g/mol. The summed E-state index contributed by atoms with van der Waals surface area (Å²) >= 11 is 0. The fourth-order valence-corrected chi connectivity index (χ4v) is 1.29. The highest BCUT2D eigenvalue weighted by atomic mass is 19.4. The minimum atomic E-state index is -4.77. The van der Waals surface area contributed by atoms with E-state index in [0.29, 0.717) is 6.07 Å². The van der Waals surface area contributed by atoms with Gasteiger partial charge in [-0.2, -0.15) is 26.3 Å². The quantitative estimate of drug-likeness (QED) is 0.662. The fraction of sp³-hybridized carbons (Fsp3) is 0.364. The van der Waals surface area contributed by atoms with E-state index in [9.17, 15) is 31.1 Å². The van der Waals surface area contributed by atoms with Crippen LogP contribution in [-0.4, -0.2) is 25.2 Å². The molecule has 118 valence electrons. The number of hydrogen-bond donors (Lipinski definition) is 2. The maximum atomic E-state index is 12.7. The van der Waals surface area contributed by atoms with Gasteiger partial charge in [-0.05, 0) is 18.2 Å². The van der Waals surface area contributed by atoms with Crippen molar-refractivity contribution in [3.8, 4) is 5.75 Å². The van der Waals surface area contributed by atoms with Crippen molar-refractivity contribution in [1.82, 2.24) is 5.32 Å². The van der Waals surface area contributed by atoms with Gasteiger partial charge in [0.1, 0.15) is 12.3 Å². The summed E-state index contributed by atoms with van der Waals surface area (Å²) in [5.74, 6) is -1.89. The molecule has 0 radical (unpaired) electrons. The molecule has 0 aliphatic carbocycles. The van der Waals surface area contributed by atoms with Gasteiger partial charge in [0.15, 0.2) is 6.61 Å². The molecule has 0 spiro atoms. The molecule has 0 atom stereocenters. The Morgan fingerprint density at radius 3 is 2.33 bits per heavy atom. The van der Waals surface area contributed by atoms with Crippen molar-refractivity contribution in [3.05, 3.63) is 23.8 Å². The lowest BCUT2D eigenvalue weighted by Crippen LogP contribution is -2.36. The van der Waals surface area contributed by atoms with Crippen LogP contribution in [0.1, 0.15) is 5.56 Å². The van der Waals surface area contributed by atoms with E-state index in [1.807, 2.05) is 0 Å². The molecule has 4 nitrogen and oxygen atoms in total. The molecule has 1 amide bonds. The number of nitrogens with two attached hydrogens (primary N) is 1. The van der Waals surface area contributed by atoms with Crippen LogP contribution in [0.15, 0.2) is 18.2 Å². The molecule has 0 fully saturated rings. The summed E-state index contributed by atoms with van der Waals surface area (Å²) in [6.07, 6.45) is -9.39. The van der Waals surface area contributed by atoms with Crippen molar-refractivity contribution in [2.45, 2.75) is 12.4 Å². The highest BCUT2D eigenvalue weighted by Crippen LogP contribution is 2.37. The van der Waals surface area contributed by atoms with Gasteiger partial charge < -0.3 is 15.8 Å². The molecule has 0 bridgehead atoms. The third-order valence-corrected chi connectivity index (χ3v) is 2.15. The number of hydrogen-bond acceptors (Lipinski definition) is 3. The second-order valence-electron chi connectivity index (χ2n) is 3.93. The van der Waals surface area contributed by atoms with Crippen LogP contribution in [-0.2, 0) is 11.0 Å². The predicted octanol–water partition coefficient (Wildman–Crippen LogP) is 2.34. The molecule has 21 heavy (non-hydrogen) atoms. The molecule has 0 saturated carbocycles. The Morgan fingerprint density at radius 1 is 1.19 bits per heavy atom. The minimum Gasteiger partial charge on any atom is -0.483 e. The number of carbonyl (C=O) groups is 1. The summed E-state index contributed by atoms with van der Waals surface area (Å²) in [7, 11) is 0. The lowest BCUT2D eigenvalue weighted by Gasteiger charge is -2.14. The molecule has 0 heterocycles. The summed E-state index contributed by atoms with van der Waals surface area (Å²) in [4.78, 5) is 11.0. The number of amides is 1. The number of anilines is 1. The van der Waals surface area contributed by atoms with Crippen molar-refractivity contribution in [2.24, 2.45) is 0 Å². The molecule has 3 N–H and O–H groups in total. The van der Waals surface area contributed by atoms with Gasteiger partial charge in [0.2, 0.25) is 0 Å². The summed E-state index contributed by atoms with van der Waals surface area (Å²) in [6, 6.07) is 2.59. The van der Waals surface area contributed by atoms with E-state index in [2.05, 4.69) is 4.74 Å². The zero-order valence-corrected chi connectivity index (χ0v) is 10.3. The zero-order chi connectivity index (χ0) is 16.3. The summed E-state index contributed by atoms with van der Waals surface area (Å²) < 4.78 is 78.1. The first-order valence-electron chi connectivity index (χ1n) is 5.42. The number of carbonyl (C=O) groups excluding carboxylic acids is 1. The van der Waals surface area contributed by atoms with Crippen LogP contribution in [0.25, 0.3) is 0 Å². The van der Waals surface area contributed by atoms with E-state index in [1.54, 1.807) is 0 Å². The molecule has 0 aliphatic heterocycles. The third-order valence-electron chi connectivity index (χ3n) is 2.15. The first-order valence-corrected chi connectivity index (χ1v) is 5.42. The Balaban J connectivity index is 2.70. The van der Waals surface area contributed by atoms with Crippen molar-refractivity contribution in [2.75, 3.05) is 18.9 Å². The Hall–Kier alpha value is -2.13. The number of ether oxygens (including phenoxy) is 1. The van der Waals surface area contributed by atoms with E-state index < -0.39 is 42.7 Å². The second kappa shape index (κ2) is 6.10. The number of halogens is 6. The molecule has 0 aliphatic rings. The third kappa shape index (κ3) is 5.79. The Bertz CT molecular complexity index is 512. The van der Waals surface area contributed by atoms with Gasteiger partial charge >= 0.3 is 12.4 Å². The number of alkyl halides is 6. The standard InChI is InChI=1S/C11H10F6N2O2/c12-10(13,14)5-19-9(20)4-21-8-2-1-6(18)3-7(8)11(15,16)17/h1-3H,4-5,18H2,(H,19,20). The fourth-order valence-electron chi connectivity index (χ4n) is 1.29. The molecule has 1 aromatic carbocycles. The van der Waals surface area contributed by atoms with Crippen LogP contribution < -0.4 is 15.8 Å². The number of nitrogens with one attached hydrogen (secondary N) is 1. The van der Waals surface area contributed by atoms with Crippen LogP contribution in [0.3, 0.4) is 0 Å². The lowest BCUT2D eigenvalue weighted by atomic mass is 10.1. The van der Waals surface area contributed by atoms with E-state index in [1.165, 1.54) is 5.32 Å². The van der Waals surface area contributed by atoms with Crippen molar-refractivity contribution < 1.29 is 35.9 Å². The Labute approximate surface area is 114 Å². The summed E-state index contributed by atoms with van der Waals surface area (Å²) in [5, 5.41) is 1.47.